The first-order valence-corrected chi connectivity index (χ1v) is 8.40. The fraction of sp³-hybridized carbons (Fsp3) is 0.118. The molecule has 2 heterocycles. The Morgan fingerprint density at radius 2 is 2.21 bits per heavy atom. The van der Waals surface area contributed by atoms with Crippen molar-refractivity contribution in [1.82, 2.24) is 9.97 Å². The highest BCUT2D eigenvalue weighted by Gasteiger charge is 2.13. The molecule has 1 amide bonds. The van der Waals surface area contributed by atoms with Crippen molar-refractivity contribution in [1.29, 1.82) is 0 Å². The number of hydrogen-bond acceptors (Lipinski definition) is 5. The molecule has 0 atom stereocenters. The topological polar surface area (TPSA) is 64.1 Å². The number of para-hydroxylation sites is 1. The second kappa shape index (κ2) is 7.42. The van der Waals surface area contributed by atoms with Crippen LogP contribution in [0.5, 0.6) is 5.75 Å². The molecule has 7 heteroatoms. The summed E-state index contributed by atoms with van der Waals surface area (Å²) in [4.78, 5) is 20.8. The second-order valence-electron chi connectivity index (χ2n) is 4.93. The monoisotopic (exact) mass is 359 g/mol. The quantitative estimate of drug-likeness (QED) is 0.746. The lowest BCUT2D eigenvalue weighted by Crippen LogP contribution is -2.15. The van der Waals surface area contributed by atoms with Crippen molar-refractivity contribution in [2.24, 2.45) is 0 Å². The number of anilines is 1. The molecule has 3 aromatic rings. The Morgan fingerprint density at radius 1 is 1.33 bits per heavy atom. The zero-order valence-electron chi connectivity index (χ0n) is 12.8. The van der Waals surface area contributed by atoms with Crippen LogP contribution < -0.4 is 10.1 Å². The van der Waals surface area contributed by atoms with Crippen molar-refractivity contribution >= 4 is 34.5 Å². The van der Waals surface area contributed by atoms with Gasteiger partial charge in [-0.3, -0.25) is 9.78 Å². The first kappa shape index (κ1) is 16.4. The molecule has 0 aliphatic rings. The number of ether oxygens (including phenoxy) is 1. The number of carbonyl (C=O) groups is 1. The minimum atomic E-state index is -0.182. The minimum Gasteiger partial charge on any atom is -0.493 e. The fourth-order valence-corrected chi connectivity index (χ4v) is 3.25. The molecule has 122 valence electrons. The maximum absolute atomic E-state index is 12.2. The number of aromatic nitrogens is 2. The zero-order chi connectivity index (χ0) is 16.9. The highest BCUT2D eigenvalue weighted by molar-refractivity contribution is 7.13. The number of pyridine rings is 1. The van der Waals surface area contributed by atoms with E-state index in [1.807, 2.05) is 17.5 Å². The number of rotatable bonds is 5. The van der Waals surface area contributed by atoms with Crippen LogP contribution in [-0.4, -0.2) is 23.0 Å². The van der Waals surface area contributed by atoms with Crippen LogP contribution >= 0.6 is 22.9 Å². The van der Waals surface area contributed by atoms with Crippen LogP contribution in [0.15, 0.2) is 48.1 Å². The van der Waals surface area contributed by atoms with E-state index in [9.17, 15) is 4.79 Å². The fourth-order valence-electron chi connectivity index (χ4n) is 2.18. The van der Waals surface area contributed by atoms with Crippen molar-refractivity contribution < 1.29 is 9.53 Å². The summed E-state index contributed by atoms with van der Waals surface area (Å²) in [5.74, 6) is 0.264. The Kier molecular flexibility index (Phi) is 5.08. The zero-order valence-corrected chi connectivity index (χ0v) is 14.4. The van der Waals surface area contributed by atoms with Gasteiger partial charge in [-0.25, -0.2) is 4.98 Å². The smallest absolute Gasteiger partial charge is 0.230 e. The molecule has 0 saturated carbocycles. The number of benzene rings is 1. The molecule has 0 unspecified atom stereocenters. The molecule has 0 bridgehead atoms. The summed E-state index contributed by atoms with van der Waals surface area (Å²) >= 11 is 7.54. The lowest BCUT2D eigenvalue weighted by molar-refractivity contribution is -0.115. The third-order valence-corrected chi connectivity index (χ3v) is 4.48. The van der Waals surface area contributed by atoms with Crippen LogP contribution in [0.2, 0.25) is 5.02 Å². The summed E-state index contributed by atoms with van der Waals surface area (Å²) in [5, 5.41) is 5.96. The lowest BCUT2D eigenvalue weighted by Gasteiger charge is -2.10. The summed E-state index contributed by atoms with van der Waals surface area (Å²) in [6, 6.07) is 8.99. The number of amides is 1. The van der Waals surface area contributed by atoms with Gasteiger partial charge in [0.05, 0.1) is 29.9 Å². The molecule has 0 fully saturated rings. The molecular formula is C17H14ClN3O2S. The molecule has 0 aliphatic carbocycles. The van der Waals surface area contributed by atoms with E-state index in [2.05, 4.69) is 15.3 Å². The van der Waals surface area contributed by atoms with Gasteiger partial charge in [-0.2, -0.15) is 0 Å². The average molecular weight is 360 g/mol. The summed E-state index contributed by atoms with van der Waals surface area (Å²) < 4.78 is 5.22. The Morgan fingerprint density at radius 3 is 2.96 bits per heavy atom. The van der Waals surface area contributed by atoms with E-state index in [-0.39, 0.29) is 12.3 Å². The molecule has 5 nitrogen and oxygen atoms in total. The van der Waals surface area contributed by atoms with Crippen LogP contribution in [-0.2, 0) is 11.2 Å². The van der Waals surface area contributed by atoms with Crippen LogP contribution in [0.4, 0.5) is 5.69 Å². The van der Waals surface area contributed by atoms with Crippen molar-refractivity contribution in [3.63, 3.8) is 0 Å². The molecule has 0 saturated heterocycles. The van der Waals surface area contributed by atoms with E-state index >= 15 is 0 Å². The molecule has 24 heavy (non-hydrogen) atoms. The number of methoxy groups -OCH3 is 1. The van der Waals surface area contributed by atoms with Gasteiger partial charge in [-0.15, -0.1) is 11.3 Å². The third-order valence-electron chi connectivity index (χ3n) is 3.25. The van der Waals surface area contributed by atoms with E-state index in [0.717, 1.165) is 10.6 Å². The molecule has 3 rings (SSSR count). The van der Waals surface area contributed by atoms with Crippen LogP contribution in [0.1, 0.15) is 5.69 Å². The summed E-state index contributed by atoms with van der Waals surface area (Å²) in [6.45, 7) is 0. The van der Waals surface area contributed by atoms with Gasteiger partial charge in [0.1, 0.15) is 5.01 Å². The largest absolute Gasteiger partial charge is 0.493 e. The molecular weight excluding hydrogens is 346 g/mol. The molecule has 0 radical (unpaired) electrons. The number of nitrogens with zero attached hydrogens (tertiary/aromatic N) is 2. The standard InChI is InChI=1S/C17H14ClN3O2S/c1-23-16-13(18)5-2-6-14(16)21-15(22)8-12-10-24-17(20-12)11-4-3-7-19-9-11/h2-7,9-10H,8H2,1H3,(H,21,22). The minimum absolute atomic E-state index is 0.173. The van der Waals surface area contributed by atoms with E-state index in [1.165, 1.54) is 18.4 Å². The van der Waals surface area contributed by atoms with Crippen LogP contribution in [0.3, 0.4) is 0 Å². The van der Waals surface area contributed by atoms with Gasteiger partial charge in [0.2, 0.25) is 5.91 Å². The number of nitrogens with one attached hydrogen (secondary N) is 1. The Labute approximate surface area is 148 Å². The SMILES string of the molecule is COc1c(Cl)cccc1NC(=O)Cc1csc(-c2cccnc2)n1. The first-order valence-electron chi connectivity index (χ1n) is 7.14. The van der Waals surface area contributed by atoms with E-state index in [1.54, 1.807) is 30.6 Å². The number of halogens is 1. The maximum Gasteiger partial charge on any atom is 0.230 e. The van der Waals surface area contributed by atoms with Gasteiger partial charge < -0.3 is 10.1 Å². The predicted molar refractivity (Wildman–Crippen MR) is 95.7 cm³/mol. The van der Waals surface area contributed by atoms with Crippen molar-refractivity contribution in [3.05, 3.63) is 58.8 Å². The summed E-state index contributed by atoms with van der Waals surface area (Å²) in [6.07, 6.45) is 3.63. The molecule has 2 aromatic heterocycles. The number of thiazole rings is 1. The normalized spacial score (nSPS) is 10.4. The van der Waals surface area contributed by atoms with Gasteiger partial charge >= 0.3 is 0 Å². The van der Waals surface area contributed by atoms with E-state index < -0.39 is 0 Å². The Hall–Kier alpha value is -2.44. The third kappa shape index (κ3) is 3.72. The van der Waals surface area contributed by atoms with Gasteiger partial charge in [0.15, 0.2) is 5.75 Å². The molecule has 0 spiro atoms. The Bertz CT molecular complexity index is 852. The van der Waals surface area contributed by atoms with Gasteiger partial charge in [-0.05, 0) is 24.3 Å². The van der Waals surface area contributed by atoms with Crippen LogP contribution in [0.25, 0.3) is 10.6 Å². The van der Waals surface area contributed by atoms with Crippen molar-refractivity contribution in [3.8, 4) is 16.3 Å². The molecule has 1 N–H and O–H groups in total. The predicted octanol–water partition coefficient (Wildman–Crippen LogP) is 4.05. The maximum atomic E-state index is 12.2. The highest BCUT2D eigenvalue weighted by Crippen LogP contribution is 2.32. The van der Waals surface area contributed by atoms with Crippen molar-refractivity contribution in [2.75, 3.05) is 12.4 Å². The summed E-state index contributed by atoms with van der Waals surface area (Å²) in [7, 11) is 1.51. The van der Waals surface area contributed by atoms with E-state index in [4.69, 9.17) is 16.3 Å². The summed E-state index contributed by atoms with van der Waals surface area (Å²) in [5.41, 5.74) is 2.18. The highest BCUT2D eigenvalue weighted by atomic mass is 35.5. The van der Waals surface area contributed by atoms with Gasteiger partial charge in [-0.1, -0.05) is 17.7 Å². The van der Waals surface area contributed by atoms with Crippen LogP contribution in [0, 0.1) is 0 Å². The Balaban J connectivity index is 1.70. The molecule has 0 aliphatic heterocycles. The lowest BCUT2D eigenvalue weighted by atomic mass is 10.2. The van der Waals surface area contributed by atoms with E-state index in [0.29, 0.717) is 22.2 Å². The second-order valence-corrected chi connectivity index (χ2v) is 6.20. The first-order chi connectivity index (χ1) is 11.7. The van der Waals surface area contributed by atoms with Gasteiger partial charge in [0, 0.05) is 23.3 Å². The number of hydrogen-bond donors (Lipinski definition) is 1. The molecule has 1 aromatic carbocycles. The van der Waals surface area contributed by atoms with Crippen molar-refractivity contribution in [2.45, 2.75) is 6.42 Å². The number of carbonyl (C=O) groups excluding carboxylic acids is 1. The van der Waals surface area contributed by atoms with Gasteiger partial charge in [0.25, 0.3) is 0 Å². The average Bonchev–Trinajstić information content (AvgIpc) is 3.04.